The van der Waals surface area contributed by atoms with E-state index in [1.165, 1.54) is 0 Å². The molecule has 4 nitrogen and oxygen atoms in total. The molecule has 3 aromatic carbocycles. The molecule has 0 saturated carbocycles. The van der Waals surface area contributed by atoms with Crippen LogP contribution in [0.4, 0.5) is 0 Å². The first-order chi connectivity index (χ1) is 12.6. The zero-order valence-corrected chi connectivity index (χ0v) is 16.9. The van der Waals surface area contributed by atoms with Crippen molar-refractivity contribution in [1.82, 2.24) is 5.32 Å². The van der Waals surface area contributed by atoms with E-state index in [1.807, 2.05) is 37.3 Å². The molecule has 0 aromatic heterocycles. The van der Waals surface area contributed by atoms with Crippen molar-refractivity contribution in [3.63, 3.8) is 0 Å². The van der Waals surface area contributed by atoms with Gasteiger partial charge < -0.3 is 14.8 Å². The Morgan fingerprint density at radius 1 is 1.12 bits per heavy atom. The largest absolute Gasteiger partial charge is 0.493 e. The van der Waals surface area contributed by atoms with E-state index in [9.17, 15) is 4.79 Å². The number of nitrogens with one attached hydrogen (secondary N) is 1. The number of hydrogen-bond donors (Lipinski definition) is 1. The second kappa shape index (κ2) is 8.40. The summed E-state index contributed by atoms with van der Waals surface area (Å²) < 4.78 is 11.8. The van der Waals surface area contributed by atoms with Gasteiger partial charge in [0.15, 0.2) is 11.5 Å². The molecule has 26 heavy (non-hydrogen) atoms. The normalized spacial score (nSPS) is 10.6. The summed E-state index contributed by atoms with van der Waals surface area (Å²) in [6.07, 6.45) is 0. The van der Waals surface area contributed by atoms with E-state index in [2.05, 4.69) is 46.1 Å². The van der Waals surface area contributed by atoms with Crippen LogP contribution in [0.5, 0.6) is 11.5 Å². The van der Waals surface area contributed by atoms with Gasteiger partial charge in [0.25, 0.3) is 5.91 Å². The van der Waals surface area contributed by atoms with Gasteiger partial charge >= 0.3 is 0 Å². The van der Waals surface area contributed by atoms with Crippen LogP contribution in [-0.2, 0) is 6.54 Å². The van der Waals surface area contributed by atoms with Crippen LogP contribution >= 0.6 is 22.6 Å². The van der Waals surface area contributed by atoms with Crippen LogP contribution in [-0.4, -0.2) is 19.6 Å². The minimum atomic E-state index is -0.141. The first kappa shape index (κ1) is 18.5. The summed E-state index contributed by atoms with van der Waals surface area (Å²) in [7, 11) is 1.58. The molecule has 0 radical (unpaired) electrons. The van der Waals surface area contributed by atoms with Crippen molar-refractivity contribution in [3.8, 4) is 11.5 Å². The average molecular weight is 461 g/mol. The third-order valence-corrected chi connectivity index (χ3v) is 4.90. The van der Waals surface area contributed by atoms with Gasteiger partial charge in [-0.15, -0.1) is 0 Å². The minimum absolute atomic E-state index is 0.141. The summed E-state index contributed by atoms with van der Waals surface area (Å²) in [6.45, 7) is 2.92. The highest BCUT2D eigenvalue weighted by Crippen LogP contribution is 2.34. The molecule has 5 heteroatoms. The molecule has 3 aromatic rings. The van der Waals surface area contributed by atoms with E-state index in [4.69, 9.17) is 9.47 Å². The number of methoxy groups -OCH3 is 1. The Balaban J connectivity index is 1.81. The molecule has 0 heterocycles. The van der Waals surface area contributed by atoms with E-state index < -0.39 is 0 Å². The molecule has 0 atom stereocenters. The summed E-state index contributed by atoms with van der Waals surface area (Å²) in [4.78, 5) is 12.6. The van der Waals surface area contributed by atoms with Crippen molar-refractivity contribution in [3.05, 3.63) is 69.3 Å². The smallest absolute Gasteiger partial charge is 0.251 e. The summed E-state index contributed by atoms with van der Waals surface area (Å²) in [5.74, 6) is 1.09. The van der Waals surface area contributed by atoms with E-state index in [0.717, 1.165) is 19.9 Å². The Kier molecular flexibility index (Phi) is 5.98. The number of hydrogen-bond acceptors (Lipinski definition) is 3. The summed E-state index contributed by atoms with van der Waals surface area (Å²) in [5, 5.41) is 5.31. The fraction of sp³-hybridized carbons (Fsp3) is 0.190. The van der Waals surface area contributed by atoms with Crippen molar-refractivity contribution in [2.45, 2.75) is 13.5 Å². The van der Waals surface area contributed by atoms with Gasteiger partial charge in [0.05, 0.1) is 17.3 Å². The number of fused-ring (bicyclic) bond motifs is 1. The summed E-state index contributed by atoms with van der Waals surface area (Å²) in [5.41, 5.74) is 1.64. The molecule has 0 spiro atoms. The zero-order valence-electron chi connectivity index (χ0n) is 14.7. The number of benzene rings is 3. The maximum Gasteiger partial charge on any atom is 0.251 e. The van der Waals surface area contributed by atoms with Gasteiger partial charge in [-0.2, -0.15) is 0 Å². The van der Waals surface area contributed by atoms with Gasteiger partial charge in [0.2, 0.25) is 0 Å². The highest BCUT2D eigenvalue weighted by Gasteiger charge is 2.15. The Morgan fingerprint density at radius 3 is 2.65 bits per heavy atom. The minimum Gasteiger partial charge on any atom is -0.493 e. The van der Waals surface area contributed by atoms with Crippen molar-refractivity contribution in [1.29, 1.82) is 0 Å². The third kappa shape index (κ3) is 3.93. The molecular formula is C21H20INO3. The van der Waals surface area contributed by atoms with Gasteiger partial charge in [0.1, 0.15) is 0 Å². The molecule has 1 amide bonds. The fourth-order valence-corrected chi connectivity index (χ4v) is 3.62. The van der Waals surface area contributed by atoms with Crippen LogP contribution in [0, 0.1) is 3.57 Å². The van der Waals surface area contributed by atoms with Gasteiger partial charge in [-0.25, -0.2) is 0 Å². The van der Waals surface area contributed by atoms with E-state index in [1.54, 1.807) is 13.2 Å². The van der Waals surface area contributed by atoms with Crippen molar-refractivity contribution < 1.29 is 14.3 Å². The van der Waals surface area contributed by atoms with Crippen LogP contribution in [0.3, 0.4) is 0 Å². The monoisotopic (exact) mass is 461 g/mol. The van der Waals surface area contributed by atoms with Gasteiger partial charge in [-0.05, 0) is 58.0 Å². The Morgan fingerprint density at radius 2 is 1.88 bits per heavy atom. The van der Waals surface area contributed by atoms with Crippen LogP contribution in [0.25, 0.3) is 10.8 Å². The number of halogens is 1. The average Bonchev–Trinajstić information content (AvgIpc) is 2.67. The number of carbonyl (C=O) groups is 1. The topological polar surface area (TPSA) is 47.6 Å². The van der Waals surface area contributed by atoms with Crippen molar-refractivity contribution in [2.75, 3.05) is 13.7 Å². The van der Waals surface area contributed by atoms with Gasteiger partial charge in [-0.3, -0.25) is 4.79 Å². The predicted octanol–water partition coefficient (Wildman–Crippen LogP) is 4.78. The number of carbonyl (C=O) groups excluding carboxylic acids is 1. The van der Waals surface area contributed by atoms with Crippen LogP contribution in [0.2, 0.25) is 0 Å². The first-order valence-corrected chi connectivity index (χ1v) is 9.47. The molecule has 0 fully saturated rings. The Labute approximate surface area is 166 Å². The lowest BCUT2D eigenvalue weighted by atomic mass is 10.0. The van der Waals surface area contributed by atoms with E-state index in [-0.39, 0.29) is 5.91 Å². The quantitative estimate of drug-likeness (QED) is 0.538. The molecule has 0 aliphatic heterocycles. The maximum atomic E-state index is 12.6. The Hall–Kier alpha value is -2.28. The Bertz CT molecular complexity index is 934. The van der Waals surface area contributed by atoms with Gasteiger partial charge in [-0.1, -0.05) is 42.5 Å². The van der Waals surface area contributed by atoms with Crippen LogP contribution in [0.1, 0.15) is 22.8 Å². The maximum absolute atomic E-state index is 12.6. The predicted molar refractivity (Wildman–Crippen MR) is 112 cm³/mol. The first-order valence-electron chi connectivity index (χ1n) is 8.39. The number of ether oxygens (including phenoxy) is 2. The van der Waals surface area contributed by atoms with Crippen molar-refractivity contribution >= 4 is 39.3 Å². The lowest BCUT2D eigenvalue weighted by molar-refractivity contribution is 0.0950. The molecule has 3 rings (SSSR count). The zero-order chi connectivity index (χ0) is 18.5. The summed E-state index contributed by atoms with van der Waals surface area (Å²) >= 11 is 2.16. The molecule has 0 bridgehead atoms. The fourth-order valence-electron chi connectivity index (χ4n) is 2.86. The molecule has 0 unspecified atom stereocenters. The molecular weight excluding hydrogens is 441 g/mol. The van der Waals surface area contributed by atoms with Crippen LogP contribution < -0.4 is 14.8 Å². The summed E-state index contributed by atoms with van der Waals surface area (Å²) in [6, 6.07) is 17.8. The van der Waals surface area contributed by atoms with E-state index in [0.29, 0.717) is 30.2 Å². The highest BCUT2D eigenvalue weighted by atomic mass is 127. The van der Waals surface area contributed by atoms with E-state index >= 15 is 0 Å². The lowest BCUT2D eigenvalue weighted by Crippen LogP contribution is -2.23. The van der Waals surface area contributed by atoms with Gasteiger partial charge in [0, 0.05) is 12.1 Å². The van der Waals surface area contributed by atoms with Crippen LogP contribution in [0.15, 0.2) is 54.6 Å². The molecule has 0 aliphatic rings. The molecule has 0 saturated heterocycles. The third-order valence-electron chi connectivity index (χ3n) is 4.10. The molecule has 1 N–H and O–H groups in total. The highest BCUT2D eigenvalue weighted by molar-refractivity contribution is 14.1. The second-order valence-corrected chi connectivity index (χ2v) is 6.91. The second-order valence-electron chi connectivity index (χ2n) is 5.74. The number of amides is 1. The lowest BCUT2D eigenvalue weighted by Gasteiger charge is -2.14. The number of rotatable bonds is 6. The standard InChI is InChI=1S/C21H20INO3/c1-3-26-20-18(22)11-16(12-19(20)25-2)21(24)23-13-15-9-6-8-14-7-4-5-10-17(14)15/h4-12H,3,13H2,1-2H3,(H,23,24). The SMILES string of the molecule is CCOc1c(I)cc(C(=O)NCc2cccc3ccccc23)cc1OC. The van der Waals surface area contributed by atoms with Crippen molar-refractivity contribution in [2.24, 2.45) is 0 Å². The molecule has 0 aliphatic carbocycles. The molecule has 134 valence electrons.